The van der Waals surface area contributed by atoms with Crippen LogP contribution in [0, 0.1) is 73.9 Å². The number of likely N-dealkylation sites (tertiary alicyclic amines) is 3. The maximum absolute atomic E-state index is 13.1. The summed E-state index contributed by atoms with van der Waals surface area (Å²) in [6.45, 7) is 68.9. The number of aryl methyl sites for hydroxylation is 4. The fourth-order valence-corrected chi connectivity index (χ4v) is 24.1. The number of aromatic nitrogens is 10. The van der Waals surface area contributed by atoms with Gasteiger partial charge in [0.2, 0.25) is 43.1 Å². The quantitative estimate of drug-likeness (QED) is 0.0335. The van der Waals surface area contributed by atoms with E-state index in [1.54, 1.807) is 82.7 Å². The van der Waals surface area contributed by atoms with Crippen molar-refractivity contribution in [2.45, 2.75) is 158 Å². The average molecular weight is 2000 g/mol. The smallest absolute Gasteiger partial charge is 0.410 e. The molecule has 38 heteroatoms. The highest BCUT2D eigenvalue weighted by Crippen LogP contribution is 2.56. The van der Waals surface area contributed by atoms with Crippen LogP contribution in [0.25, 0.3) is 0 Å². The van der Waals surface area contributed by atoms with Gasteiger partial charge in [0.1, 0.15) is 28.7 Å². The van der Waals surface area contributed by atoms with Crippen LogP contribution in [-0.2, 0) is 48.4 Å². The zero-order valence-electron chi connectivity index (χ0n) is 84.6. The first kappa shape index (κ1) is 106. The molecular weight excluding hydrogens is 1850 g/mol. The number of hydrogen-bond donors (Lipinski definition) is 6. The molecule has 3 amide bonds. The number of sulfonamides is 2. The van der Waals surface area contributed by atoms with Crippen LogP contribution in [-0.4, -0.2) is 288 Å². The number of carbonyl (C=O) groups is 3. The Bertz CT molecular complexity index is 5580. The van der Waals surface area contributed by atoms with Crippen molar-refractivity contribution in [2.24, 2.45) is 74.2 Å². The number of ether oxygens (including phenoxy) is 2. The van der Waals surface area contributed by atoms with Crippen molar-refractivity contribution in [3.8, 4) is 0 Å². The molecule has 1 aliphatic carbocycles. The second-order valence-corrected chi connectivity index (χ2v) is 49.9. The summed E-state index contributed by atoms with van der Waals surface area (Å²) in [5.74, 6) is 5.56. The van der Waals surface area contributed by atoms with Crippen molar-refractivity contribution >= 4 is 114 Å². The number of nitrogens with zero attached hydrogens (tertiary/aromatic N) is 18. The van der Waals surface area contributed by atoms with Crippen LogP contribution in [0.5, 0.6) is 0 Å². The molecule has 7 aromatic rings. The van der Waals surface area contributed by atoms with E-state index in [0.29, 0.717) is 81.4 Å². The van der Waals surface area contributed by atoms with Gasteiger partial charge >= 0.3 is 12.2 Å². The maximum Gasteiger partial charge on any atom is 0.410 e. The normalized spacial score (nSPS) is 28.7. The minimum Gasteiger partial charge on any atom is -0.444 e. The molecule has 5 aromatic heterocycles. The van der Waals surface area contributed by atoms with E-state index in [0.717, 1.165) is 150 Å². The molecule has 12 aliphatic rings. The molecule has 33 nitrogen and oxygen atoms in total. The second-order valence-electron chi connectivity index (χ2n) is 45.1. The van der Waals surface area contributed by atoms with Crippen LogP contribution in [0.2, 0.25) is 5.28 Å². The van der Waals surface area contributed by atoms with E-state index in [2.05, 4.69) is 171 Å². The summed E-state index contributed by atoms with van der Waals surface area (Å²) in [5, 5.41) is 28.9. The number of rotatable bonds is 14. The Balaban J connectivity index is 0.000000141. The first-order chi connectivity index (χ1) is 64.5. The lowest BCUT2D eigenvalue weighted by atomic mass is 9.71. The third-order valence-electron chi connectivity index (χ3n) is 30.5. The van der Waals surface area contributed by atoms with Gasteiger partial charge in [0.25, 0.3) is 0 Å². The lowest BCUT2D eigenvalue weighted by molar-refractivity contribution is -0.132. The number of carbonyl (C=O) groups excluding carboxylic acids is 3. The van der Waals surface area contributed by atoms with E-state index in [9.17, 15) is 31.2 Å². The van der Waals surface area contributed by atoms with Crippen molar-refractivity contribution in [2.75, 3.05) is 194 Å². The summed E-state index contributed by atoms with van der Waals surface area (Å²) in [6, 6.07) is 19.1. The number of nitrogens with one attached hydrogen (secondary N) is 6. The summed E-state index contributed by atoms with van der Waals surface area (Å²) < 4.78 is 69.5. The SMILES string of the molecule is C=C(CCl)CCl.C=C1CN(S(=O)(=O)c2ccc(C)cc2)CC(=C)CN(S(=O)(=O)c2ccc(C)cc2)C1.CC(C)(C)OC(=O)N1C[C@@]2(C)CN(c3ccnc(Cl)n3)C[C@@]2(C)C1.CC(C)(C)OC(=O)N1C[C@]2(C)CNC[C@]2(C)C1.CC12CNCC1(C)CNC2.Cn1cc(Nc2nccc(N3C[C@]4(C)CN(C(=O)C5CC5)C[C@]4(C)C3)n2)cn1.Cn1cc(Nc2nccc(N3C[C@]4(C)CNC[C@]4(C)C3)n2)cn1. The summed E-state index contributed by atoms with van der Waals surface area (Å²) in [4.78, 5) is 76.6. The minimum atomic E-state index is -3.75. The Morgan fingerprint density at radius 2 is 0.739 bits per heavy atom. The van der Waals surface area contributed by atoms with E-state index in [1.807, 2.05) is 116 Å². The summed E-state index contributed by atoms with van der Waals surface area (Å²) >= 11 is 16.5. The zero-order valence-corrected chi connectivity index (χ0v) is 88.5. The first-order valence-electron chi connectivity index (χ1n) is 47.7. The number of anilines is 7. The lowest BCUT2D eigenvalue weighted by Gasteiger charge is -2.32. The molecular formula is C100H147Cl3N24O9S2. The Hall–Kier alpha value is -9.14. The Kier molecular flexibility index (Phi) is 31.6. The van der Waals surface area contributed by atoms with Gasteiger partial charge in [-0.3, -0.25) is 14.2 Å². The van der Waals surface area contributed by atoms with E-state index in [-0.39, 0.29) is 85.9 Å². The molecule has 754 valence electrons. The minimum absolute atomic E-state index is 0.0126. The third-order valence-corrected chi connectivity index (χ3v) is 35.1. The maximum atomic E-state index is 13.1. The molecule has 11 aliphatic heterocycles. The number of hydrogen-bond acceptors (Lipinski definition) is 26. The first-order valence-corrected chi connectivity index (χ1v) is 52.0. The molecule has 16 heterocycles. The van der Waals surface area contributed by atoms with E-state index in [4.69, 9.17) is 54.2 Å². The standard InChI is InChI=1S/C22H26N2O4S2.C20H27N7O.C17H25ClN4O2.C16H23N7.C13H24N2O2.C8H16N2.C4H6Cl2/c1-17-5-9-21(10-6-17)29(25,26)23-13-19(3)15-24(16-20(4)14-23)30(27,28)22-11-7-18(2)8-12-22;1-19-10-26(11-20(19,2)13-27(12-19)17(28)14-4-5-14)16-6-7-21-18(24-16)23-15-8-22-25(3)9-15;1-15(2,3)24-14(23)22-10-16(4)8-21(9-17(16,5)11-22)12-6-7-19-13(18)20-12;1-15-8-17-9-16(15,2)11-23(10-15)13-4-5-18-14(21-13)20-12-6-19-22(3)7-12;1-11(2,3)17-10(16)15-8-12(4)6-14-7-13(12,5)9-15;1-7-3-9-5-8(7,2)6-10-4-7;1-4(2-5)3-6/h5-12H,3-4,13-16H2,1-2H3;6-9,14H,4-5,10-13H2,1-3H3,(H,21,23,24);6-7H,8-11H2,1-5H3;4-7,17H,8-11H2,1-3H3,(H,18,20,21);14H,6-9H2,1-5H3;9-10H,3-6H2,1-2H3;1-3H2/t;19-,20+;16-,17+;15-,16+;12-,13+;;. The van der Waals surface area contributed by atoms with Crippen LogP contribution in [0.1, 0.15) is 135 Å². The zero-order chi connectivity index (χ0) is 101. The Labute approximate surface area is 832 Å². The van der Waals surface area contributed by atoms with Gasteiger partial charge in [-0.25, -0.2) is 46.4 Å². The lowest BCUT2D eigenvalue weighted by Crippen LogP contribution is -2.43. The average Bonchev–Trinajstić information content (AvgIpc) is 1.57. The predicted octanol–water partition coefficient (Wildman–Crippen LogP) is 13.8. The van der Waals surface area contributed by atoms with Crippen LogP contribution < -0.4 is 46.6 Å². The van der Waals surface area contributed by atoms with Gasteiger partial charge in [0, 0.05) is 274 Å². The molecule has 19 rings (SSSR count). The van der Waals surface area contributed by atoms with Gasteiger partial charge in [-0.15, -0.1) is 23.2 Å². The monoisotopic (exact) mass is 2000 g/mol. The molecule has 6 N–H and O–H groups in total. The highest BCUT2D eigenvalue weighted by molar-refractivity contribution is 7.89. The molecule has 0 unspecified atom stereocenters. The molecule has 12 fully saturated rings. The third kappa shape index (κ3) is 24.1. The predicted molar refractivity (Wildman–Crippen MR) is 547 cm³/mol. The number of fused-ring (bicyclic) bond motifs is 5. The van der Waals surface area contributed by atoms with Gasteiger partial charge in [0.15, 0.2) is 0 Å². The fraction of sp³-hybridized carbons (Fsp3) is 0.610. The highest BCUT2D eigenvalue weighted by atomic mass is 35.5. The van der Waals surface area contributed by atoms with Gasteiger partial charge in [-0.2, -0.15) is 28.8 Å². The Morgan fingerprint density at radius 3 is 1.04 bits per heavy atom. The van der Waals surface area contributed by atoms with Crippen LogP contribution in [0.3, 0.4) is 0 Å². The Morgan fingerprint density at radius 1 is 0.442 bits per heavy atom. The van der Waals surface area contributed by atoms with E-state index in [1.165, 1.54) is 34.8 Å². The van der Waals surface area contributed by atoms with Crippen molar-refractivity contribution in [1.82, 2.24) is 94.0 Å². The van der Waals surface area contributed by atoms with Crippen molar-refractivity contribution < 1.29 is 40.7 Å². The molecule has 0 bridgehead atoms. The van der Waals surface area contributed by atoms with E-state index >= 15 is 0 Å². The number of allylic oxidation sites excluding steroid dienone is 1. The summed E-state index contributed by atoms with van der Waals surface area (Å²) in [5.41, 5.74) is 6.83. The van der Waals surface area contributed by atoms with Crippen molar-refractivity contribution in [1.29, 1.82) is 0 Å². The number of benzene rings is 2. The number of alkyl halides is 2. The second kappa shape index (κ2) is 41.1. The van der Waals surface area contributed by atoms with Crippen molar-refractivity contribution in [3.63, 3.8) is 0 Å². The van der Waals surface area contributed by atoms with Gasteiger partial charge in [-0.1, -0.05) is 124 Å². The van der Waals surface area contributed by atoms with Crippen LogP contribution in [0.4, 0.5) is 50.3 Å². The molecule has 138 heavy (non-hydrogen) atoms. The van der Waals surface area contributed by atoms with E-state index < -0.39 is 31.2 Å². The van der Waals surface area contributed by atoms with Gasteiger partial charge in [-0.05, 0) is 139 Å². The topological polar surface area (TPSA) is 349 Å². The van der Waals surface area contributed by atoms with Crippen LogP contribution >= 0.6 is 34.8 Å². The molecule has 11 saturated heterocycles. The summed E-state index contributed by atoms with van der Waals surface area (Å²) in [6.07, 6.45) is 14.4. The number of amides is 3. The number of halogens is 3. The highest BCUT2D eigenvalue weighted by Gasteiger charge is 2.62. The van der Waals surface area contributed by atoms with Crippen LogP contribution in [0.15, 0.2) is 156 Å². The largest absolute Gasteiger partial charge is 0.444 e. The van der Waals surface area contributed by atoms with Crippen molar-refractivity contribution in [3.05, 3.63) is 163 Å². The van der Waals surface area contributed by atoms with Gasteiger partial charge < -0.3 is 70.8 Å². The molecule has 0 spiro atoms. The summed E-state index contributed by atoms with van der Waals surface area (Å²) in [7, 11) is -3.73. The molecule has 0 radical (unpaired) electrons. The molecule has 1 saturated carbocycles. The fourth-order valence-electron chi connectivity index (χ4n) is 20.7. The van der Waals surface area contributed by atoms with Gasteiger partial charge in [0.05, 0.1) is 33.6 Å². The molecule has 8 atom stereocenters. The molecule has 2 aromatic carbocycles.